The number of rotatable bonds is 19. The second kappa shape index (κ2) is 17.5. The van der Waals surface area contributed by atoms with E-state index in [1.165, 1.54) is 24.8 Å². The van der Waals surface area contributed by atoms with Gasteiger partial charge in [0.05, 0.1) is 29.5 Å². The molecule has 0 bridgehead atoms. The highest BCUT2D eigenvalue weighted by Gasteiger charge is 2.46. The molecule has 3 heterocycles. The monoisotopic (exact) mass is 714 g/mol. The molecule has 284 valence electrons. The Hall–Kier alpha value is -3.53. The third kappa shape index (κ3) is 9.71. The number of nitrogens with two attached hydrogens (primary N) is 1. The second-order valence-electron chi connectivity index (χ2n) is 16.4. The van der Waals surface area contributed by atoms with Crippen molar-refractivity contribution in [2.24, 2.45) is 35.3 Å². The van der Waals surface area contributed by atoms with Gasteiger partial charge in [-0.25, -0.2) is 0 Å². The van der Waals surface area contributed by atoms with Crippen molar-refractivity contribution in [3.05, 3.63) is 71.9 Å². The van der Waals surface area contributed by atoms with Crippen molar-refractivity contribution in [2.45, 2.75) is 127 Å². The number of carboxylic acid groups (broad SMARTS) is 1. The maximum Gasteiger partial charge on any atom is 0.309 e. The highest BCUT2D eigenvalue weighted by molar-refractivity contribution is 5.95. The first kappa shape index (κ1) is 38.2. The summed E-state index contributed by atoms with van der Waals surface area (Å²) in [5.74, 6) is -0.313. The Kier molecular flexibility index (Phi) is 12.9. The molecule has 0 radical (unpaired) electrons. The van der Waals surface area contributed by atoms with Gasteiger partial charge in [-0.15, -0.1) is 0 Å². The zero-order valence-corrected chi connectivity index (χ0v) is 31.0. The lowest BCUT2D eigenvalue weighted by molar-refractivity contribution is -0.146. The van der Waals surface area contributed by atoms with Crippen molar-refractivity contribution >= 4 is 27.8 Å². The minimum Gasteiger partial charge on any atom is -0.481 e. The Labute approximate surface area is 308 Å². The minimum atomic E-state index is -1.03. The van der Waals surface area contributed by atoms with Crippen molar-refractivity contribution in [1.82, 2.24) is 15.3 Å². The maximum atomic E-state index is 12.4. The lowest BCUT2D eigenvalue weighted by Crippen LogP contribution is -2.37. The molecule has 9 heteroatoms. The van der Waals surface area contributed by atoms with Crippen molar-refractivity contribution < 1.29 is 25.2 Å². The molecule has 9 nitrogen and oxygen atoms in total. The number of carboxylic acids is 1. The number of allylic oxidation sites excluding steroid dienone is 3. The number of aliphatic hydroxyl groups is 3. The molecule has 0 amide bonds. The largest absolute Gasteiger partial charge is 0.481 e. The van der Waals surface area contributed by atoms with Crippen molar-refractivity contribution in [2.75, 3.05) is 6.54 Å². The van der Waals surface area contributed by atoms with Crippen LogP contribution < -0.4 is 11.1 Å². The second-order valence-corrected chi connectivity index (χ2v) is 16.4. The smallest absolute Gasteiger partial charge is 0.309 e. The Balaban J connectivity index is 1.03. The molecule has 3 aliphatic rings. The fraction of sp³-hybridized carbons (Fsp3) is 0.605. The molecule has 0 saturated heterocycles. The van der Waals surface area contributed by atoms with Crippen LogP contribution in [0.25, 0.3) is 21.8 Å². The number of aliphatic hydroxyl groups excluding tert-OH is 2. The molecule has 1 fully saturated rings. The van der Waals surface area contributed by atoms with E-state index in [4.69, 9.17) is 5.73 Å². The van der Waals surface area contributed by atoms with E-state index in [9.17, 15) is 25.2 Å². The van der Waals surface area contributed by atoms with Gasteiger partial charge in [0.25, 0.3) is 0 Å². The fourth-order valence-corrected chi connectivity index (χ4v) is 9.46. The van der Waals surface area contributed by atoms with Crippen LogP contribution in [0, 0.1) is 29.6 Å². The van der Waals surface area contributed by atoms with Crippen molar-refractivity contribution in [3.8, 4) is 0 Å². The molecular formula is C43H62N4O5. The normalized spacial score (nSPS) is 27.4. The molecule has 2 aromatic heterocycles. The topological polar surface area (TPSA) is 168 Å². The molecule has 6 rings (SSSR count). The summed E-state index contributed by atoms with van der Waals surface area (Å²) in [5, 5.41) is 49.9. The van der Waals surface area contributed by atoms with Gasteiger partial charge in [0.2, 0.25) is 0 Å². The van der Waals surface area contributed by atoms with Crippen LogP contribution >= 0.6 is 0 Å². The summed E-state index contributed by atoms with van der Waals surface area (Å²) in [5.41, 5.74) is 9.42. The van der Waals surface area contributed by atoms with Gasteiger partial charge in [0.1, 0.15) is 0 Å². The average molecular weight is 715 g/mol. The Bertz CT molecular complexity index is 1670. The zero-order valence-electron chi connectivity index (χ0n) is 31.0. The Morgan fingerprint density at radius 2 is 1.85 bits per heavy atom. The van der Waals surface area contributed by atoms with Crippen LogP contribution in [0.15, 0.2) is 66.2 Å². The van der Waals surface area contributed by atoms with E-state index in [2.05, 4.69) is 64.7 Å². The number of benzene rings is 1. The van der Waals surface area contributed by atoms with Crippen molar-refractivity contribution in [1.29, 1.82) is 0 Å². The summed E-state index contributed by atoms with van der Waals surface area (Å²) in [4.78, 5) is 19.2. The highest BCUT2D eigenvalue weighted by Crippen LogP contribution is 2.47. The number of hydrogen-bond donors (Lipinski definition) is 8. The minimum absolute atomic E-state index is 0.0367. The van der Waals surface area contributed by atoms with E-state index < -0.39 is 23.6 Å². The van der Waals surface area contributed by atoms with Crippen LogP contribution in [0.4, 0.5) is 0 Å². The Morgan fingerprint density at radius 3 is 2.63 bits per heavy atom. The number of aromatic amines is 2. The highest BCUT2D eigenvalue weighted by atomic mass is 16.4. The molecule has 8 atom stereocenters. The third-order valence-corrected chi connectivity index (χ3v) is 12.4. The quantitative estimate of drug-likeness (QED) is 0.0468. The maximum absolute atomic E-state index is 12.4. The lowest BCUT2D eigenvalue weighted by Gasteiger charge is -2.32. The summed E-state index contributed by atoms with van der Waals surface area (Å²) in [6.45, 7) is 2.91. The van der Waals surface area contributed by atoms with Gasteiger partial charge in [-0.2, -0.15) is 0 Å². The fourth-order valence-electron chi connectivity index (χ4n) is 9.46. The van der Waals surface area contributed by atoms with Crippen LogP contribution in [0.2, 0.25) is 0 Å². The number of hydrogen-bond acceptors (Lipinski definition) is 6. The number of fused-ring (bicyclic) bond motifs is 2. The molecule has 2 aliphatic carbocycles. The van der Waals surface area contributed by atoms with Crippen LogP contribution in [0.5, 0.6) is 0 Å². The molecule has 1 aliphatic heterocycles. The number of unbranched alkanes of at least 4 members (excludes halogenated alkanes) is 4. The molecule has 0 unspecified atom stereocenters. The predicted octanol–water partition coefficient (Wildman–Crippen LogP) is 7.59. The number of carbonyl (C=O) groups is 1. The van der Waals surface area contributed by atoms with E-state index in [-0.39, 0.29) is 30.3 Å². The first-order valence-electron chi connectivity index (χ1n) is 20.1. The van der Waals surface area contributed by atoms with E-state index in [0.717, 1.165) is 72.4 Å². The number of aliphatic carboxylic acids is 1. The van der Waals surface area contributed by atoms with E-state index in [0.29, 0.717) is 50.4 Å². The number of nitrogens with one attached hydrogen (secondary N) is 3. The summed E-state index contributed by atoms with van der Waals surface area (Å²) in [6.07, 6.45) is 22.3. The van der Waals surface area contributed by atoms with Gasteiger partial charge >= 0.3 is 5.97 Å². The van der Waals surface area contributed by atoms with E-state index >= 15 is 0 Å². The number of H-pyrrole nitrogens is 2. The van der Waals surface area contributed by atoms with Gasteiger partial charge < -0.3 is 41.4 Å². The first-order valence-corrected chi connectivity index (χ1v) is 20.1. The average Bonchev–Trinajstić information content (AvgIpc) is 3.81. The molecule has 0 spiro atoms. The molecule has 52 heavy (non-hydrogen) atoms. The van der Waals surface area contributed by atoms with Crippen LogP contribution in [-0.4, -0.2) is 60.7 Å². The van der Waals surface area contributed by atoms with Gasteiger partial charge in [-0.3, -0.25) is 4.79 Å². The molecule has 9 N–H and O–H groups in total. The van der Waals surface area contributed by atoms with Crippen molar-refractivity contribution in [3.63, 3.8) is 0 Å². The van der Waals surface area contributed by atoms with Crippen LogP contribution in [0.3, 0.4) is 0 Å². The van der Waals surface area contributed by atoms with E-state index in [1.54, 1.807) is 0 Å². The Morgan fingerprint density at radius 1 is 1.00 bits per heavy atom. The summed E-state index contributed by atoms with van der Waals surface area (Å²) in [6, 6.07) is 8.55. The summed E-state index contributed by atoms with van der Waals surface area (Å²) >= 11 is 0. The van der Waals surface area contributed by atoms with Crippen LogP contribution in [-0.2, 0) is 11.2 Å². The number of aromatic nitrogens is 2. The summed E-state index contributed by atoms with van der Waals surface area (Å²) in [7, 11) is 0. The van der Waals surface area contributed by atoms with Gasteiger partial charge in [0, 0.05) is 46.2 Å². The predicted molar refractivity (Wildman–Crippen MR) is 208 cm³/mol. The third-order valence-electron chi connectivity index (χ3n) is 12.4. The first-order chi connectivity index (χ1) is 25.1. The van der Waals surface area contributed by atoms with E-state index in [1.807, 2.05) is 12.3 Å². The standard InChI is InChI=1S/C43H62N4O5/c1-2-3-5-8-28-11-12-31(40(49)21-28)9-6-4-7-10-36(42(50)51)39(48)13-16-43(52)27-30(19-29-14-17-46-41(44)22-29)20-34(43)25-35-24-33-23-32-15-18-45-37(32)26-38(33)47-35/h11-12,14-15,18,22-24,26,28,30-31,34,36,39-40,45-49,52H,2-10,13,16-17,19-21,25,27,44H2,1H3,(H,50,51)/t28-,30+,31-,34+,36+,39-,40-,43-/m1/s1. The van der Waals surface area contributed by atoms with Crippen LogP contribution in [0.1, 0.15) is 109 Å². The zero-order chi connectivity index (χ0) is 36.7. The summed E-state index contributed by atoms with van der Waals surface area (Å²) < 4.78 is 0. The lowest BCUT2D eigenvalue weighted by atomic mass is 9.80. The van der Waals surface area contributed by atoms with Gasteiger partial charge in [-0.05, 0) is 118 Å². The SMILES string of the molecule is CCCCC[C@@H]1C=C[C@@H](CCCCC[C@H](C(=O)O)[C@H](O)CC[C@@]2(O)C[C@@H](CC3=CCNC(N)=C3)C[C@H]2Cc2cc3cc4cc[nH]c4cc3[nH]2)[C@H](O)C1. The molecule has 3 aromatic rings. The number of dihydropyridines is 1. The molecule has 1 saturated carbocycles. The molecule has 1 aromatic carbocycles. The van der Waals surface area contributed by atoms with Gasteiger partial charge in [0.15, 0.2) is 0 Å². The molecular weight excluding hydrogens is 652 g/mol. The van der Waals surface area contributed by atoms with Gasteiger partial charge in [-0.1, -0.05) is 63.7 Å².